The number of imidazole rings is 2. The highest BCUT2D eigenvalue weighted by Gasteiger charge is 2.20. The highest BCUT2D eigenvalue weighted by atomic mass is 19.1. The van der Waals surface area contributed by atoms with Gasteiger partial charge in [0, 0.05) is 6.42 Å². The second-order valence-electron chi connectivity index (χ2n) is 6.13. The molecule has 0 saturated carbocycles. The molecule has 0 aromatic carbocycles. The highest BCUT2D eigenvalue weighted by Crippen LogP contribution is 2.29. The van der Waals surface area contributed by atoms with Crippen molar-refractivity contribution in [2.45, 2.75) is 25.7 Å². The molecule has 2 aliphatic rings. The quantitative estimate of drug-likeness (QED) is 0.777. The minimum atomic E-state index is -0.347. The van der Waals surface area contributed by atoms with E-state index in [0.717, 1.165) is 28.7 Å². The van der Waals surface area contributed by atoms with Gasteiger partial charge in [-0.3, -0.25) is 10.1 Å². The number of H-pyrrole nitrogens is 2. The predicted octanol–water partition coefficient (Wildman–Crippen LogP) is 1.66. The lowest BCUT2D eigenvalue weighted by atomic mass is 9.91. The van der Waals surface area contributed by atoms with Gasteiger partial charge in [-0.05, 0) is 42.6 Å². The summed E-state index contributed by atoms with van der Waals surface area (Å²) in [5, 5.41) is 4.14. The van der Waals surface area contributed by atoms with E-state index in [1.165, 1.54) is 12.5 Å². The lowest BCUT2D eigenvalue weighted by molar-refractivity contribution is 0.102. The number of hydrogen-bond acceptors (Lipinski definition) is 4. The third-order valence-corrected chi connectivity index (χ3v) is 4.54. The largest absolute Gasteiger partial charge is 0.499 e. The van der Waals surface area contributed by atoms with Crippen LogP contribution in [-0.4, -0.2) is 33.0 Å². The number of carbonyl (C=O) groups is 1. The monoisotopic (exact) mass is 355 g/mol. The van der Waals surface area contributed by atoms with Crippen LogP contribution in [-0.2, 0) is 4.74 Å². The highest BCUT2D eigenvalue weighted by molar-refractivity contribution is 6.01. The van der Waals surface area contributed by atoms with Crippen molar-refractivity contribution in [1.29, 1.82) is 0 Å². The first-order chi connectivity index (χ1) is 12.7. The average molecular weight is 355 g/mol. The fourth-order valence-corrected chi connectivity index (χ4v) is 3.31. The Morgan fingerprint density at radius 3 is 2.96 bits per heavy atom. The summed E-state index contributed by atoms with van der Waals surface area (Å²) in [7, 11) is 1.61. The van der Waals surface area contributed by atoms with E-state index in [1.807, 2.05) is 0 Å². The molecular formula is C18H18FN5O2. The summed E-state index contributed by atoms with van der Waals surface area (Å²) in [6.07, 6.45) is 8.87. The van der Waals surface area contributed by atoms with Crippen LogP contribution in [0.1, 0.15) is 36.2 Å². The van der Waals surface area contributed by atoms with Gasteiger partial charge in [-0.15, -0.1) is 0 Å². The summed E-state index contributed by atoms with van der Waals surface area (Å²) >= 11 is 0. The van der Waals surface area contributed by atoms with E-state index in [0.29, 0.717) is 36.3 Å². The molecule has 2 heterocycles. The number of methoxy groups -OCH3 is 1. The Balaban J connectivity index is 1.79. The van der Waals surface area contributed by atoms with Gasteiger partial charge in [-0.2, -0.15) is 0 Å². The topological polar surface area (TPSA) is 95.7 Å². The number of allylic oxidation sites excluding steroid dienone is 4. The van der Waals surface area contributed by atoms with Crippen molar-refractivity contribution in [1.82, 2.24) is 19.9 Å². The molecule has 2 aliphatic carbocycles. The Morgan fingerprint density at radius 1 is 1.35 bits per heavy atom. The number of nitrogens with zero attached hydrogens (tertiary/aromatic N) is 2. The second kappa shape index (κ2) is 6.62. The third-order valence-electron chi connectivity index (χ3n) is 4.54. The van der Waals surface area contributed by atoms with E-state index in [2.05, 4.69) is 25.3 Å². The molecule has 8 heteroatoms. The Bertz CT molecular complexity index is 1030. The van der Waals surface area contributed by atoms with Gasteiger partial charge in [0.05, 0.1) is 25.0 Å². The summed E-state index contributed by atoms with van der Waals surface area (Å²) in [5.74, 6) is 0.520. The summed E-state index contributed by atoms with van der Waals surface area (Å²) < 4.78 is 19.2. The van der Waals surface area contributed by atoms with Gasteiger partial charge in [0.25, 0.3) is 5.91 Å². The number of amides is 1. The zero-order valence-corrected chi connectivity index (χ0v) is 14.2. The van der Waals surface area contributed by atoms with E-state index in [1.54, 1.807) is 19.3 Å². The average Bonchev–Trinajstić information content (AvgIpc) is 3.30. The number of carbonyl (C=O) groups excluding carboxylic acids is 1. The predicted molar refractivity (Wildman–Crippen MR) is 93.9 cm³/mol. The van der Waals surface area contributed by atoms with Crippen molar-refractivity contribution in [3.05, 3.63) is 52.5 Å². The molecule has 7 nitrogen and oxygen atoms in total. The van der Waals surface area contributed by atoms with Gasteiger partial charge in [-0.1, -0.05) is 0 Å². The Kier molecular flexibility index (Phi) is 4.16. The van der Waals surface area contributed by atoms with Gasteiger partial charge < -0.3 is 14.7 Å². The minimum absolute atomic E-state index is 0.217. The van der Waals surface area contributed by atoms with Crippen molar-refractivity contribution in [2.75, 3.05) is 12.4 Å². The third kappa shape index (κ3) is 2.94. The number of hydrogen-bond donors (Lipinski definition) is 3. The Hall–Kier alpha value is -3.16. The first kappa shape index (κ1) is 16.3. The molecule has 0 unspecified atom stereocenters. The maximum absolute atomic E-state index is 13.7. The van der Waals surface area contributed by atoms with Gasteiger partial charge in [-0.25, -0.2) is 14.4 Å². The number of aromatic nitrogens is 4. The lowest BCUT2D eigenvalue weighted by Crippen LogP contribution is -2.33. The van der Waals surface area contributed by atoms with E-state index >= 15 is 0 Å². The maximum Gasteiger partial charge on any atom is 0.276 e. The number of halogens is 1. The molecule has 134 valence electrons. The molecule has 26 heavy (non-hydrogen) atoms. The van der Waals surface area contributed by atoms with Crippen molar-refractivity contribution in [2.24, 2.45) is 0 Å². The minimum Gasteiger partial charge on any atom is -0.499 e. The molecule has 0 saturated heterocycles. The standard InChI is InChI=1S/C18H18FN5O2/c1-26-14-6-5-12(10-3-2-4-11(19)7-10)15-16(14)23-18(22-15)24-17(25)13-8-20-9-21-13/h4,7-9H,2-3,5-6H2,1H3,(H,20,21)(H2,22,23,24,25). The van der Waals surface area contributed by atoms with Crippen molar-refractivity contribution in [3.8, 4) is 0 Å². The number of fused-ring (bicyclic) bond motifs is 1. The van der Waals surface area contributed by atoms with E-state index < -0.39 is 0 Å². The number of aromatic amines is 2. The zero-order valence-electron chi connectivity index (χ0n) is 14.2. The van der Waals surface area contributed by atoms with Gasteiger partial charge in [0.1, 0.15) is 22.6 Å². The molecular weight excluding hydrogens is 337 g/mol. The molecule has 2 aromatic rings. The molecule has 2 aromatic heterocycles. The molecule has 3 N–H and O–H groups in total. The van der Waals surface area contributed by atoms with E-state index in [4.69, 9.17) is 4.74 Å². The number of ether oxygens (including phenoxy) is 1. The van der Waals surface area contributed by atoms with Crippen LogP contribution < -0.4 is 16.0 Å². The molecule has 0 spiro atoms. The van der Waals surface area contributed by atoms with Crippen LogP contribution in [0, 0.1) is 0 Å². The molecule has 0 fully saturated rings. The second-order valence-corrected chi connectivity index (χ2v) is 6.13. The van der Waals surface area contributed by atoms with Gasteiger partial charge in [0.2, 0.25) is 5.95 Å². The van der Waals surface area contributed by atoms with E-state index in [9.17, 15) is 9.18 Å². The Labute approximate surface area is 148 Å². The summed E-state index contributed by atoms with van der Waals surface area (Å²) in [5.41, 5.74) is 2.27. The van der Waals surface area contributed by atoms with Crippen LogP contribution in [0.2, 0.25) is 0 Å². The van der Waals surface area contributed by atoms with Crippen LogP contribution in [0.4, 0.5) is 10.3 Å². The van der Waals surface area contributed by atoms with Crippen molar-refractivity contribution < 1.29 is 13.9 Å². The summed E-state index contributed by atoms with van der Waals surface area (Å²) in [6.45, 7) is 0. The van der Waals surface area contributed by atoms with Crippen molar-refractivity contribution >= 4 is 23.2 Å². The van der Waals surface area contributed by atoms with Gasteiger partial charge in [0.15, 0.2) is 0 Å². The number of rotatable bonds is 4. The van der Waals surface area contributed by atoms with Crippen LogP contribution in [0.3, 0.4) is 0 Å². The molecule has 4 rings (SSSR count). The fraction of sp³-hybridized carbons (Fsp3) is 0.278. The molecule has 0 radical (unpaired) electrons. The van der Waals surface area contributed by atoms with E-state index in [-0.39, 0.29) is 11.7 Å². The normalized spacial score (nSPS) is 16.7. The maximum atomic E-state index is 13.7. The van der Waals surface area contributed by atoms with Crippen LogP contribution in [0.5, 0.6) is 0 Å². The zero-order chi connectivity index (χ0) is 18.1. The first-order valence-corrected chi connectivity index (χ1v) is 8.38. The smallest absolute Gasteiger partial charge is 0.276 e. The first-order valence-electron chi connectivity index (χ1n) is 8.38. The Morgan fingerprint density at radius 2 is 2.23 bits per heavy atom. The van der Waals surface area contributed by atoms with Crippen LogP contribution in [0.25, 0.3) is 11.3 Å². The van der Waals surface area contributed by atoms with Crippen molar-refractivity contribution in [3.63, 3.8) is 0 Å². The molecule has 1 amide bonds. The van der Waals surface area contributed by atoms with Crippen LogP contribution >= 0.6 is 0 Å². The fourth-order valence-electron chi connectivity index (χ4n) is 3.31. The molecule has 0 aliphatic heterocycles. The molecule has 0 atom stereocenters. The number of nitrogens with one attached hydrogen (secondary N) is 3. The van der Waals surface area contributed by atoms with Crippen LogP contribution in [0.15, 0.2) is 36.1 Å². The van der Waals surface area contributed by atoms with Gasteiger partial charge >= 0.3 is 0 Å². The molecule has 0 bridgehead atoms. The SMILES string of the molecule is COC1=c2[nH]c(NC(=O)c3cnc[nH]3)nc2=C(C2=CC(F)=CCC2)CC1. The number of anilines is 1. The summed E-state index contributed by atoms with van der Waals surface area (Å²) in [4.78, 5) is 26.4. The lowest BCUT2D eigenvalue weighted by Gasteiger charge is -2.17. The summed E-state index contributed by atoms with van der Waals surface area (Å²) in [6, 6.07) is 0.